The molecule has 0 bridgehead atoms. The molecule has 1 aliphatic carbocycles. The maximum Gasteiger partial charge on any atom is 0.381 e. The van der Waals surface area contributed by atoms with Crippen molar-refractivity contribution in [3.8, 4) is 0 Å². The summed E-state index contributed by atoms with van der Waals surface area (Å²) in [7, 11) is 0. The van der Waals surface area contributed by atoms with Crippen LogP contribution in [0.25, 0.3) is 0 Å². The third-order valence-corrected chi connectivity index (χ3v) is 5.25. The van der Waals surface area contributed by atoms with E-state index in [1.165, 1.54) is 6.20 Å². The average molecular weight is 372 g/mol. The Morgan fingerprint density at radius 3 is 2.78 bits per heavy atom. The van der Waals surface area contributed by atoms with E-state index in [0.29, 0.717) is 25.2 Å². The first kappa shape index (κ1) is 19.0. The van der Waals surface area contributed by atoms with Crippen molar-refractivity contribution in [2.45, 2.75) is 57.2 Å². The first-order chi connectivity index (χ1) is 12.9. The minimum Gasteiger partial charge on any atom is -0.390 e. The quantitative estimate of drug-likeness (QED) is 0.598. The molecule has 1 saturated carbocycles. The van der Waals surface area contributed by atoms with Crippen molar-refractivity contribution in [2.24, 2.45) is 0 Å². The van der Waals surface area contributed by atoms with Gasteiger partial charge >= 0.3 is 5.82 Å². The van der Waals surface area contributed by atoms with E-state index < -0.39 is 16.6 Å². The Kier molecular flexibility index (Phi) is 5.55. The Morgan fingerprint density at radius 1 is 1.41 bits per heavy atom. The molecular weight excluding hydrogens is 348 g/mol. The lowest BCUT2D eigenvalue weighted by molar-refractivity contribution is -0.389. The van der Waals surface area contributed by atoms with E-state index >= 15 is 0 Å². The first-order valence-corrected chi connectivity index (χ1v) is 9.15. The molecule has 27 heavy (non-hydrogen) atoms. The van der Waals surface area contributed by atoms with Crippen molar-refractivity contribution in [3.05, 3.63) is 58.0 Å². The lowest BCUT2D eigenvalue weighted by atomic mass is 9.74. The number of aryl methyl sites for hydroxylation is 2. The van der Waals surface area contributed by atoms with Crippen LogP contribution in [0.3, 0.4) is 0 Å². The lowest BCUT2D eigenvalue weighted by Crippen LogP contribution is -2.55. The van der Waals surface area contributed by atoms with Crippen molar-refractivity contribution in [1.29, 1.82) is 0 Å². The number of carbonyl (C=O) groups is 1. The van der Waals surface area contributed by atoms with Crippen LogP contribution >= 0.6 is 0 Å². The van der Waals surface area contributed by atoms with Crippen molar-refractivity contribution in [2.75, 3.05) is 0 Å². The molecule has 2 N–H and O–H groups in total. The van der Waals surface area contributed by atoms with Crippen LogP contribution in [0.5, 0.6) is 0 Å². The molecule has 3 rings (SSSR count). The van der Waals surface area contributed by atoms with Gasteiger partial charge in [0.2, 0.25) is 11.7 Å². The van der Waals surface area contributed by atoms with Gasteiger partial charge in [-0.2, -0.15) is 0 Å². The summed E-state index contributed by atoms with van der Waals surface area (Å²) in [5.74, 6) is 0.0666. The fourth-order valence-corrected chi connectivity index (χ4v) is 3.78. The number of aliphatic hydroxyl groups is 1. The number of hydrogen-bond donors (Lipinski definition) is 2. The van der Waals surface area contributed by atoms with Gasteiger partial charge in [0.05, 0.1) is 11.6 Å². The molecule has 0 spiro atoms. The molecule has 1 aromatic carbocycles. The number of aliphatic hydroxyl groups excluding tert-OH is 1. The highest BCUT2D eigenvalue weighted by molar-refractivity contribution is 5.77. The van der Waals surface area contributed by atoms with Gasteiger partial charge < -0.3 is 25.1 Å². The molecule has 1 aliphatic rings. The Bertz CT molecular complexity index is 820. The second kappa shape index (κ2) is 7.87. The number of nitrogens with one attached hydrogen (secondary N) is 1. The van der Waals surface area contributed by atoms with Gasteiger partial charge in [-0.3, -0.25) is 4.79 Å². The van der Waals surface area contributed by atoms with Crippen LogP contribution in [-0.2, 0) is 16.9 Å². The number of hydrogen-bond acceptors (Lipinski definition) is 5. The maximum absolute atomic E-state index is 12.7. The average Bonchev–Trinajstić information content (AvgIpc) is 3.04. The molecule has 0 radical (unpaired) electrons. The van der Waals surface area contributed by atoms with Crippen LogP contribution in [0.15, 0.2) is 36.5 Å². The molecule has 0 unspecified atom stereocenters. The number of imidazole rings is 1. The molecule has 1 fully saturated rings. The summed E-state index contributed by atoms with van der Waals surface area (Å²) in [5, 5.41) is 24.6. The van der Waals surface area contributed by atoms with E-state index in [1.807, 2.05) is 30.3 Å². The van der Waals surface area contributed by atoms with E-state index in [1.54, 1.807) is 11.5 Å². The van der Waals surface area contributed by atoms with Gasteiger partial charge in [-0.15, -0.1) is 0 Å². The van der Waals surface area contributed by atoms with Crippen LogP contribution in [0.1, 0.15) is 43.5 Å². The molecule has 2 aromatic rings. The van der Waals surface area contributed by atoms with Crippen LogP contribution in [-0.4, -0.2) is 31.6 Å². The summed E-state index contributed by atoms with van der Waals surface area (Å²) in [5.41, 5.74) is 0.118. The molecule has 8 nitrogen and oxygen atoms in total. The van der Waals surface area contributed by atoms with Crippen LogP contribution in [0, 0.1) is 17.0 Å². The second-order valence-corrected chi connectivity index (χ2v) is 6.99. The van der Waals surface area contributed by atoms with Crippen molar-refractivity contribution < 1.29 is 14.8 Å². The van der Waals surface area contributed by atoms with Crippen molar-refractivity contribution >= 4 is 11.7 Å². The molecular formula is C19H24N4O4. The molecule has 1 aromatic heterocycles. The van der Waals surface area contributed by atoms with Gasteiger partial charge in [-0.1, -0.05) is 43.2 Å². The standard InChI is InChI=1S/C19H24N4O4/c1-14-20-17(23(26)27)13-22(14)12-10-18(25)21-19(11-6-5-9-16(19)24)15-7-3-2-4-8-15/h2-4,7-8,13,16,24H,5-6,9-12H2,1H3,(H,21,25)/t16-,19-/m1/s1. The SMILES string of the molecule is Cc1nc([N+](=O)[O-])cn1CCC(=O)N[C@@]1(c2ccccc2)CCCC[C@H]1O. The molecule has 8 heteroatoms. The van der Waals surface area contributed by atoms with E-state index in [-0.39, 0.29) is 18.1 Å². The molecule has 0 aliphatic heterocycles. The number of amides is 1. The highest BCUT2D eigenvalue weighted by atomic mass is 16.6. The summed E-state index contributed by atoms with van der Waals surface area (Å²) in [4.78, 5) is 26.8. The van der Waals surface area contributed by atoms with Crippen LogP contribution in [0.4, 0.5) is 5.82 Å². The Morgan fingerprint density at radius 2 is 2.15 bits per heavy atom. The molecule has 2 atom stereocenters. The predicted molar refractivity (Wildman–Crippen MR) is 99.0 cm³/mol. The molecule has 1 amide bonds. The van der Waals surface area contributed by atoms with Gasteiger partial charge in [0, 0.05) is 19.9 Å². The topological polar surface area (TPSA) is 110 Å². The molecule has 144 valence electrons. The van der Waals surface area contributed by atoms with Gasteiger partial charge in [0.1, 0.15) is 6.20 Å². The zero-order valence-corrected chi connectivity index (χ0v) is 15.3. The predicted octanol–water partition coefficient (Wildman–Crippen LogP) is 2.44. The zero-order chi connectivity index (χ0) is 19.4. The van der Waals surface area contributed by atoms with E-state index in [0.717, 1.165) is 18.4 Å². The van der Waals surface area contributed by atoms with Gasteiger partial charge in [-0.05, 0) is 28.3 Å². The smallest absolute Gasteiger partial charge is 0.381 e. The number of aromatic nitrogens is 2. The minimum atomic E-state index is -0.785. The fourth-order valence-electron chi connectivity index (χ4n) is 3.78. The Hall–Kier alpha value is -2.74. The number of nitro groups is 1. The first-order valence-electron chi connectivity index (χ1n) is 9.15. The Labute approximate surface area is 157 Å². The maximum atomic E-state index is 12.7. The normalized spacial score (nSPS) is 22.4. The third kappa shape index (κ3) is 4.00. The fraction of sp³-hybridized carbons (Fsp3) is 0.474. The summed E-state index contributed by atoms with van der Waals surface area (Å²) in [6.07, 6.45) is 4.03. The van der Waals surface area contributed by atoms with Crippen molar-refractivity contribution in [1.82, 2.24) is 14.9 Å². The van der Waals surface area contributed by atoms with Crippen molar-refractivity contribution in [3.63, 3.8) is 0 Å². The highest BCUT2D eigenvalue weighted by Crippen LogP contribution is 2.37. The zero-order valence-electron chi connectivity index (χ0n) is 15.3. The summed E-state index contributed by atoms with van der Waals surface area (Å²) in [6.45, 7) is 1.96. The van der Waals surface area contributed by atoms with Crippen LogP contribution < -0.4 is 5.32 Å². The second-order valence-electron chi connectivity index (χ2n) is 6.99. The molecule has 0 saturated heterocycles. The van der Waals surface area contributed by atoms with Crippen LogP contribution in [0.2, 0.25) is 0 Å². The number of benzene rings is 1. The van der Waals surface area contributed by atoms with Gasteiger partial charge in [0.25, 0.3) is 0 Å². The number of carbonyl (C=O) groups excluding carboxylic acids is 1. The number of nitrogens with zero attached hydrogens (tertiary/aromatic N) is 3. The third-order valence-electron chi connectivity index (χ3n) is 5.25. The van der Waals surface area contributed by atoms with Gasteiger partial charge in [-0.25, -0.2) is 0 Å². The highest BCUT2D eigenvalue weighted by Gasteiger charge is 2.42. The Balaban J connectivity index is 1.73. The monoisotopic (exact) mass is 372 g/mol. The minimum absolute atomic E-state index is 0.148. The largest absolute Gasteiger partial charge is 0.390 e. The lowest BCUT2D eigenvalue weighted by Gasteiger charge is -2.42. The summed E-state index contributed by atoms with van der Waals surface area (Å²) < 4.78 is 1.60. The van der Waals surface area contributed by atoms with E-state index in [4.69, 9.17) is 0 Å². The summed E-state index contributed by atoms with van der Waals surface area (Å²) in [6, 6.07) is 9.57. The number of rotatable bonds is 6. The van der Waals surface area contributed by atoms with E-state index in [9.17, 15) is 20.0 Å². The summed E-state index contributed by atoms with van der Waals surface area (Å²) >= 11 is 0. The van der Waals surface area contributed by atoms with E-state index in [2.05, 4.69) is 10.3 Å². The van der Waals surface area contributed by atoms with Gasteiger partial charge in [0.15, 0.2) is 0 Å². The molecule has 1 heterocycles.